The van der Waals surface area contributed by atoms with Gasteiger partial charge in [0, 0.05) is 23.9 Å². The smallest absolute Gasteiger partial charge is 0.0604 e. The molecule has 1 N–H and O–H groups in total. The van der Waals surface area contributed by atoms with Gasteiger partial charge in [0.25, 0.3) is 0 Å². The molecular formula is C13H25NOS. The molecular weight excluding hydrogens is 218 g/mol. The van der Waals surface area contributed by atoms with E-state index in [1.165, 1.54) is 38.5 Å². The van der Waals surface area contributed by atoms with Gasteiger partial charge in [0.05, 0.1) is 6.10 Å². The molecule has 2 aliphatic carbocycles. The van der Waals surface area contributed by atoms with Crippen LogP contribution in [0.15, 0.2) is 0 Å². The third-order valence-corrected chi connectivity index (χ3v) is 5.02. The molecule has 0 aromatic rings. The molecule has 2 nitrogen and oxygen atoms in total. The predicted octanol–water partition coefficient (Wildman–Crippen LogP) is 2.82. The lowest BCUT2D eigenvalue weighted by atomic mass is 9.86. The highest BCUT2D eigenvalue weighted by Gasteiger charge is 2.32. The van der Waals surface area contributed by atoms with Gasteiger partial charge in [-0.15, -0.1) is 0 Å². The van der Waals surface area contributed by atoms with Crippen molar-refractivity contribution in [2.75, 3.05) is 12.9 Å². The Hall–Kier alpha value is 0.270. The molecule has 0 aromatic carbocycles. The van der Waals surface area contributed by atoms with E-state index >= 15 is 0 Å². The SMILES string of the molecule is CCOC1CC(NC2CCCC(SC)C2)C1. The van der Waals surface area contributed by atoms with Crippen LogP contribution in [0.25, 0.3) is 0 Å². The summed E-state index contributed by atoms with van der Waals surface area (Å²) in [5.74, 6) is 0. The molecule has 0 amide bonds. The van der Waals surface area contributed by atoms with Gasteiger partial charge in [0.15, 0.2) is 0 Å². The van der Waals surface area contributed by atoms with Gasteiger partial charge in [-0.1, -0.05) is 6.42 Å². The molecule has 0 heterocycles. The van der Waals surface area contributed by atoms with Crippen LogP contribution in [0.4, 0.5) is 0 Å². The molecule has 0 aromatic heterocycles. The Labute approximate surface area is 104 Å². The van der Waals surface area contributed by atoms with Gasteiger partial charge >= 0.3 is 0 Å². The third kappa shape index (κ3) is 3.38. The minimum absolute atomic E-state index is 0.544. The minimum Gasteiger partial charge on any atom is -0.378 e. The lowest BCUT2D eigenvalue weighted by molar-refractivity contribution is -0.0132. The number of hydrogen-bond donors (Lipinski definition) is 1. The maximum Gasteiger partial charge on any atom is 0.0604 e. The Morgan fingerprint density at radius 3 is 2.69 bits per heavy atom. The molecule has 16 heavy (non-hydrogen) atoms. The maximum atomic E-state index is 5.60. The van der Waals surface area contributed by atoms with E-state index in [9.17, 15) is 0 Å². The van der Waals surface area contributed by atoms with Gasteiger partial charge < -0.3 is 10.1 Å². The maximum absolute atomic E-state index is 5.60. The van der Waals surface area contributed by atoms with E-state index in [4.69, 9.17) is 4.74 Å². The van der Waals surface area contributed by atoms with E-state index in [-0.39, 0.29) is 0 Å². The van der Waals surface area contributed by atoms with Gasteiger partial charge in [-0.05, 0) is 45.3 Å². The van der Waals surface area contributed by atoms with Crippen molar-refractivity contribution in [3.63, 3.8) is 0 Å². The molecule has 2 rings (SSSR count). The van der Waals surface area contributed by atoms with Crippen LogP contribution >= 0.6 is 11.8 Å². The largest absolute Gasteiger partial charge is 0.378 e. The fraction of sp³-hybridized carbons (Fsp3) is 1.00. The van der Waals surface area contributed by atoms with Gasteiger partial charge in [0.1, 0.15) is 0 Å². The first-order valence-electron chi connectivity index (χ1n) is 6.72. The molecule has 2 unspecified atom stereocenters. The molecule has 2 atom stereocenters. The van der Waals surface area contributed by atoms with Crippen LogP contribution in [0.5, 0.6) is 0 Å². The summed E-state index contributed by atoms with van der Waals surface area (Å²) in [6.07, 6.45) is 10.8. The summed E-state index contributed by atoms with van der Waals surface area (Å²) in [7, 11) is 0. The van der Waals surface area contributed by atoms with Crippen molar-refractivity contribution in [1.82, 2.24) is 5.32 Å². The standard InChI is InChI=1S/C13H25NOS/c1-3-15-12-7-11(8-12)14-10-5-4-6-13(9-10)16-2/h10-14H,3-9H2,1-2H3. The first-order chi connectivity index (χ1) is 7.81. The molecule has 0 aliphatic heterocycles. The highest BCUT2D eigenvalue weighted by atomic mass is 32.2. The average Bonchev–Trinajstić information content (AvgIpc) is 2.27. The lowest BCUT2D eigenvalue weighted by Crippen LogP contribution is -2.50. The zero-order chi connectivity index (χ0) is 11.4. The molecule has 2 fully saturated rings. The van der Waals surface area contributed by atoms with Crippen molar-refractivity contribution in [2.24, 2.45) is 0 Å². The van der Waals surface area contributed by atoms with Crippen molar-refractivity contribution < 1.29 is 4.74 Å². The Morgan fingerprint density at radius 2 is 2.00 bits per heavy atom. The third-order valence-electron chi connectivity index (χ3n) is 3.93. The summed E-state index contributed by atoms with van der Waals surface area (Å²) in [6.45, 7) is 2.96. The Balaban J connectivity index is 1.63. The van der Waals surface area contributed by atoms with Crippen molar-refractivity contribution >= 4 is 11.8 Å². The first-order valence-corrected chi connectivity index (χ1v) is 8.01. The quantitative estimate of drug-likeness (QED) is 0.802. The molecule has 0 radical (unpaired) electrons. The van der Waals surface area contributed by atoms with Crippen LogP contribution in [-0.2, 0) is 4.74 Å². The van der Waals surface area contributed by atoms with Crippen molar-refractivity contribution in [3.8, 4) is 0 Å². The predicted molar refractivity (Wildman–Crippen MR) is 71.1 cm³/mol. The molecule has 2 aliphatic rings. The first kappa shape index (κ1) is 12.7. The lowest BCUT2D eigenvalue weighted by Gasteiger charge is -2.40. The Morgan fingerprint density at radius 1 is 1.19 bits per heavy atom. The fourth-order valence-corrected chi connectivity index (χ4v) is 3.74. The van der Waals surface area contributed by atoms with E-state index in [1.54, 1.807) is 0 Å². The number of ether oxygens (including phenoxy) is 1. The summed E-state index contributed by atoms with van der Waals surface area (Å²) < 4.78 is 5.60. The molecule has 2 saturated carbocycles. The van der Waals surface area contributed by atoms with Crippen LogP contribution < -0.4 is 5.32 Å². The van der Waals surface area contributed by atoms with Crippen LogP contribution in [-0.4, -0.2) is 36.3 Å². The Bertz CT molecular complexity index is 206. The van der Waals surface area contributed by atoms with Crippen molar-refractivity contribution in [3.05, 3.63) is 0 Å². The van der Waals surface area contributed by atoms with Crippen LogP contribution in [0, 0.1) is 0 Å². The zero-order valence-electron chi connectivity index (χ0n) is 10.6. The topological polar surface area (TPSA) is 21.3 Å². The van der Waals surface area contributed by atoms with Crippen LogP contribution in [0.1, 0.15) is 45.4 Å². The summed E-state index contributed by atoms with van der Waals surface area (Å²) in [5.41, 5.74) is 0. The molecule has 94 valence electrons. The average molecular weight is 243 g/mol. The van der Waals surface area contributed by atoms with E-state index in [2.05, 4.69) is 18.5 Å². The monoisotopic (exact) mass is 243 g/mol. The molecule has 0 saturated heterocycles. The second-order valence-corrected chi connectivity index (χ2v) is 6.27. The normalized spacial score (nSPS) is 39.4. The van der Waals surface area contributed by atoms with E-state index < -0.39 is 0 Å². The van der Waals surface area contributed by atoms with E-state index in [0.29, 0.717) is 6.10 Å². The molecule has 0 bridgehead atoms. The van der Waals surface area contributed by atoms with Gasteiger partial charge in [-0.25, -0.2) is 0 Å². The van der Waals surface area contributed by atoms with Crippen LogP contribution in [0.2, 0.25) is 0 Å². The van der Waals surface area contributed by atoms with Crippen LogP contribution in [0.3, 0.4) is 0 Å². The van der Waals surface area contributed by atoms with Gasteiger partial charge in [0.2, 0.25) is 0 Å². The molecule has 3 heteroatoms. The molecule has 0 spiro atoms. The fourth-order valence-electron chi connectivity index (χ4n) is 2.92. The minimum atomic E-state index is 0.544. The van der Waals surface area contributed by atoms with Gasteiger partial charge in [-0.2, -0.15) is 11.8 Å². The number of hydrogen-bond acceptors (Lipinski definition) is 3. The summed E-state index contributed by atoms with van der Waals surface area (Å²) in [4.78, 5) is 0. The summed E-state index contributed by atoms with van der Waals surface area (Å²) in [5, 5.41) is 4.71. The number of thioether (sulfide) groups is 1. The summed E-state index contributed by atoms with van der Waals surface area (Å²) >= 11 is 2.05. The van der Waals surface area contributed by atoms with E-state index in [0.717, 1.165) is 23.9 Å². The van der Waals surface area contributed by atoms with Crippen molar-refractivity contribution in [2.45, 2.75) is 68.9 Å². The van der Waals surface area contributed by atoms with Crippen molar-refractivity contribution in [1.29, 1.82) is 0 Å². The van der Waals surface area contributed by atoms with E-state index in [1.807, 2.05) is 11.8 Å². The Kier molecular flexibility index (Phi) is 4.98. The summed E-state index contributed by atoms with van der Waals surface area (Å²) in [6, 6.07) is 1.51. The van der Waals surface area contributed by atoms with Gasteiger partial charge in [-0.3, -0.25) is 0 Å². The number of nitrogens with one attached hydrogen (secondary N) is 1. The second kappa shape index (κ2) is 6.27. The zero-order valence-corrected chi connectivity index (χ0v) is 11.4. The highest BCUT2D eigenvalue weighted by molar-refractivity contribution is 7.99. The highest BCUT2D eigenvalue weighted by Crippen LogP contribution is 2.30. The number of rotatable bonds is 5. The second-order valence-electron chi connectivity index (χ2n) is 5.13.